The van der Waals surface area contributed by atoms with Gasteiger partial charge in [0.2, 0.25) is 0 Å². The fourth-order valence-corrected chi connectivity index (χ4v) is 3.34. The van der Waals surface area contributed by atoms with Crippen molar-refractivity contribution in [1.82, 2.24) is 9.78 Å². The van der Waals surface area contributed by atoms with Gasteiger partial charge in [-0.25, -0.2) is 4.68 Å². The molecule has 2 heterocycles. The first-order valence-corrected chi connectivity index (χ1v) is 6.70. The molecule has 0 amide bonds. The van der Waals surface area contributed by atoms with E-state index in [1.165, 1.54) is 11.1 Å². The van der Waals surface area contributed by atoms with Crippen LogP contribution in [0.2, 0.25) is 5.15 Å². The first kappa shape index (κ1) is 10.2. The molecule has 0 fully saturated rings. The third-order valence-corrected chi connectivity index (χ3v) is 4.09. The molecule has 16 heavy (non-hydrogen) atoms. The van der Waals surface area contributed by atoms with Crippen molar-refractivity contribution in [2.24, 2.45) is 0 Å². The molecule has 0 unspecified atom stereocenters. The van der Waals surface area contributed by atoms with Gasteiger partial charge in [-0.3, -0.25) is 0 Å². The van der Waals surface area contributed by atoms with E-state index in [2.05, 4.69) is 24.2 Å². The van der Waals surface area contributed by atoms with Gasteiger partial charge in [-0.1, -0.05) is 23.7 Å². The summed E-state index contributed by atoms with van der Waals surface area (Å²) in [6.07, 6.45) is 0. The lowest BCUT2D eigenvalue weighted by Gasteiger charge is -2.04. The number of fused-ring (bicyclic) bond motifs is 1. The molecule has 0 aliphatic carbocycles. The Hall–Kier alpha value is -0.930. The third-order valence-electron chi connectivity index (χ3n) is 2.74. The quantitative estimate of drug-likeness (QED) is 0.770. The number of nitrogens with zero attached hydrogens (tertiary/aromatic N) is 2. The molecule has 1 aliphatic rings. The van der Waals surface area contributed by atoms with Crippen LogP contribution in [0, 0.1) is 6.92 Å². The van der Waals surface area contributed by atoms with Crippen LogP contribution in [0.15, 0.2) is 24.3 Å². The van der Waals surface area contributed by atoms with Crippen molar-refractivity contribution in [3.63, 3.8) is 0 Å². The van der Waals surface area contributed by atoms with Gasteiger partial charge in [-0.2, -0.15) is 16.9 Å². The van der Waals surface area contributed by atoms with Gasteiger partial charge in [0.25, 0.3) is 0 Å². The standard InChI is InChI=1S/C12H11ClN2S/c1-8-3-2-4-9(5-8)15-12(13)10-6-16-7-11(10)14-15/h2-5H,6-7H2,1H3. The molecule has 0 saturated heterocycles. The highest BCUT2D eigenvalue weighted by molar-refractivity contribution is 7.98. The second kappa shape index (κ2) is 3.82. The second-order valence-corrected chi connectivity index (χ2v) is 5.30. The lowest BCUT2D eigenvalue weighted by atomic mass is 10.2. The van der Waals surface area contributed by atoms with Crippen LogP contribution in [0.3, 0.4) is 0 Å². The summed E-state index contributed by atoms with van der Waals surface area (Å²) < 4.78 is 1.85. The Balaban J connectivity index is 2.14. The minimum Gasteiger partial charge on any atom is -0.222 e. The molecule has 0 radical (unpaired) electrons. The summed E-state index contributed by atoms with van der Waals surface area (Å²) in [4.78, 5) is 0. The number of halogens is 1. The van der Waals surface area contributed by atoms with E-state index in [4.69, 9.17) is 11.6 Å². The molecule has 2 aromatic rings. The van der Waals surface area contributed by atoms with Crippen molar-refractivity contribution in [1.29, 1.82) is 0 Å². The number of benzene rings is 1. The van der Waals surface area contributed by atoms with Crippen molar-refractivity contribution >= 4 is 23.4 Å². The lowest BCUT2D eigenvalue weighted by molar-refractivity contribution is 0.859. The molecule has 0 bridgehead atoms. The average molecular weight is 251 g/mol. The molecule has 1 aliphatic heterocycles. The molecule has 1 aromatic carbocycles. The summed E-state index contributed by atoms with van der Waals surface area (Å²) in [6, 6.07) is 8.24. The fraction of sp³-hybridized carbons (Fsp3) is 0.250. The third kappa shape index (κ3) is 1.55. The van der Waals surface area contributed by atoms with Gasteiger partial charge in [0.05, 0.1) is 11.4 Å². The van der Waals surface area contributed by atoms with Crippen LogP contribution in [0.5, 0.6) is 0 Å². The van der Waals surface area contributed by atoms with Gasteiger partial charge in [0.15, 0.2) is 0 Å². The Labute approximate surface area is 104 Å². The zero-order valence-corrected chi connectivity index (χ0v) is 10.5. The number of rotatable bonds is 1. The Morgan fingerprint density at radius 1 is 1.38 bits per heavy atom. The smallest absolute Gasteiger partial charge is 0.137 e. The van der Waals surface area contributed by atoms with Gasteiger partial charge in [-0.15, -0.1) is 0 Å². The second-order valence-electron chi connectivity index (χ2n) is 3.96. The number of hydrogen-bond donors (Lipinski definition) is 0. The predicted octanol–water partition coefficient (Wildman–Crippen LogP) is 3.58. The molecular weight excluding hydrogens is 240 g/mol. The number of thioether (sulfide) groups is 1. The van der Waals surface area contributed by atoms with E-state index in [9.17, 15) is 0 Å². The summed E-state index contributed by atoms with van der Waals surface area (Å²) >= 11 is 8.21. The largest absolute Gasteiger partial charge is 0.222 e. The average Bonchev–Trinajstić information content (AvgIpc) is 2.82. The van der Waals surface area contributed by atoms with Crippen LogP contribution in [-0.2, 0) is 11.5 Å². The van der Waals surface area contributed by atoms with E-state index < -0.39 is 0 Å². The molecule has 3 rings (SSSR count). The SMILES string of the molecule is Cc1cccc(-n2nc3c(c2Cl)CSC3)c1. The van der Waals surface area contributed by atoms with Crippen molar-refractivity contribution in [2.45, 2.75) is 18.4 Å². The molecular formula is C12H11ClN2S. The minimum absolute atomic E-state index is 0.769. The first-order valence-electron chi connectivity index (χ1n) is 5.17. The topological polar surface area (TPSA) is 17.8 Å². The van der Waals surface area contributed by atoms with Crippen molar-refractivity contribution in [3.8, 4) is 5.69 Å². The molecule has 0 saturated carbocycles. The molecule has 2 nitrogen and oxygen atoms in total. The van der Waals surface area contributed by atoms with E-state index >= 15 is 0 Å². The Bertz CT molecular complexity index is 548. The number of hydrogen-bond acceptors (Lipinski definition) is 2. The highest BCUT2D eigenvalue weighted by atomic mass is 35.5. The van der Waals surface area contributed by atoms with Gasteiger partial charge in [0, 0.05) is 17.1 Å². The van der Waals surface area contributed by atoms with Crippen molar-refractivity contribution in [3.05, 3.63) is 46.2 Å². The fourth-order valence-electron chi connectivity index (χ4n) is 1.91. The maximum Gasteiger partial charge on any atom is 0.137 e. The van der Waals surface area contributed by atoms with Crippen LogP contribution in [0.1, 0.15) is 16.8 Å². The zero-order valence-electron chi connectivity index (χ0n) is 8.90. The lowest BCUT2D eigenvalue weighted by Crippen LogP contribution is -1.98. The summed E-state index contributed by atoms with van der Waals surface area (Å²) in [7, 11) is 0. The van der Waals surface area contributed by atoms with E-state index in [-0.39, 0.29) is 0 Å². The first-order chi connectivity index (χ1) is 7.75. The van der Waals surface area contributed by atoms with Crippen LogP contribution >= 0.6 is 23.4 Å². The van der Waals surface area contributed by atoms with Gasteiger partial charge in [0.1, 0.15) is 5.15 Å². The normalized spacial score (nSPS) is 14.1. The van der Waals surface area contributed by atoms with Crippen LogP contribution in [0.4, 0.5) is 0 Å². The maximum atomic E-state index is 6.34. The van der Waals surface area contributed by atoms with Crippen molar-refractivity contribution in [2.75, 3.05) is 0 Å². The maximum absolute atomic E-state index is 6.34. The van der Waals surface area contributed by atoms with Crippen LogP contribution < -0.4 is 0 Å². The summed E-state index contributed by atoms with van der Waals surface area (Å²) in [5.41, 5.74) is 4.60. The van der Waals surface area contributed by atoms with Gasteiger partial charge >= 0.3 is 0 Å². The zero-order chi connectivity index (χ0) is 11.1. The Morgan fingerprint density at radius 3 is 3.00 bits per heavy atom. The minimum atomic E-state index is 0.769. The predicted molar refractivity (Wildman–Crippen MR) is 68.3 cm³/mol. The highest BCUT2D eigenvalue weighted by Crippen LogP contribution is 2.35. The number of aromatic nitrogens is 2. The van der Waals surface area contributed by atoms with E-state index in [0.717, 1.165) is 28.0 Å². The van der Waals surface area contributed by atoms with Gasteiger partial charge < -0.3 is 0 Å². The highest BCUT2D eigenvalue weighted by Gasteiger charge is 2.21. The van der Waals surface area contributed by atoms with E-state index in [1.807, 2.05) is 28.6 Å². The molecule has 0 atom stereocenters. The Kier molecular flexibility index (Phi) is 2.45. The van der Waals surface area contributed by atoms with E-state index in [1.54, 1.807) is 0 Å². The molecule has 0 spiro atoms. The van der Waals surface area contributed by atoms with E-state index in [0.29, 0.717) is 0 Å². The van der Waals surface area contributed by atoms with Crippen molar-refractivity contribution < 1.29 is 0 Å². The molecule has 1 aromatic heterocycles. The summed E-state index contributed by atoms with van der Waals surface area (Å²) in [5, 5.41) is 5.33. The molecule has 4 heteroatoms. The summed E-state index contributed by atoms with van der Waals surface area (Å²) in [6.45, 7) is 2.07. The monoisotopic (exact) mass is 250 g/mol. The van der Waals surface area contributed by atoms with Crippen LogP contribution in [-0.4, -0.2) is 9.78 Å². The molecule has 82 valence electrons. The summed E-state index contributed by atoms with van der Waals surface area (Å²) in [5.74, 6) is 1.97. The Morgan fingerprint density at radius 2 is 2.25 bits per heavy atom. The number of aryl methyl sites for hydroxylation is 1. The molecule has 0 N–H and O–H groups in total. The van der Waals surface area contributed by atoms with Gasteiger partial charge in [-0.05, 0) is 24.6 Å². The van der Waals surface area contributed by atoms with Crippen LogP contribution in [0.25, 0.3) is 5.69 Å².